The van der Waals surface area contributed by atoms with Crippen LogP contribution in [0.5, 0.6) is 0 Å². The van der Waals surface area contributed by atoms with Crippen LogP contribution in [-0.4, -0.2) is 5.91 Å². The number of thiol groups is 1. The first-order chi connectivity index (χ1) is 6.77. The Bertz CT molecular complexity index is 562. The highest BCUT2D eigenvalue weighted by molar-refractivity contribution is 7.80. The van der Waals surface area contributed by atoms with E-state index in [4.69, 9.17) is 0 Å². The quantitative estimate of drug-likeness (QED) is 0.630. The van der Waals surface area contributed by atoms with E-state index >= 15 is 0 Å². The van der Waals surface area contributed by atoms with Gasteiger partial charge in [0, 0.05) is 21.5 Å². The van der Waals surface area contributed by atoms with Crippen LogP contribution in [0.2, 0.25) is 0 Å². The molecule has 0 radical (unpaired) electrons. The van der Waals surface area contributed by atoms with Crippen molar-refractivity contribution in [3.8, 4) is 0 Å². The van der Waals surface area contributed by atoms with Gasteiger partial charge in [-0.15, -0.1) is 12.6 Å². The number of nitrogens with one attached hydrogen (secondary N) is 1. The topological polar surface area (TPSA) is 29.1 Å². The number of hydrogen-bond donors (Lipinski definition) is 2. The number of carbonyl (C=O) groups is 1. The van der Waals surface area contributed by atoms with Crippen LogP contribution in [0.4, 0.5) is 5.69 Å². The molecule has 0 bridgehead atoms. The van der Waals surface area contributed by atoms with E-state index in [1.807, 2.05) is 30.3 Å². The lowest BCUT2D eigenvalue weighted by Gasteiger charge is -2.01. The molecule has 1 N–H and O–H groups in total. The molecule has 1 amide bonds. The van der Waals surface area contributed by atoms with Gasteiger partial charge in [-0.2, -0.15) is 0 Å². The summed E-state index contributed by atoms with van der Waals surface area (Å²) in [6, 6.07) is 9.48. The molecule has 0 atom stereocenters. The Morgan fingerprint density at radius 2 is 2.00 bits per heavy atom. The largest absolute Gasteiger partial charge is 0.321 e. The summed E-state index contributed by atoms with van der Waals surface area (Å²) < 4.78 is 0. The van der Waals surface area contributed by atoms with E-state index in [1.54, 1.807) is 0 Å². The molecule has 1 aliphatic rings. The van der Waals surface area contributed by atoms with Gasteiger partial charge in [-0.1, -0.05) is 12.1 Å². The second-order valence-corrected chi connectivity index (χ2v) is 3.80. The lowest BCUT2D eigenvalue weighted by molar-refractivity contribution is 0.103. The summed E-state index contributed by atoms with van der Waals surface area (Å²) >= 11 is 4.36. The predicted octanol–water partition coefficient (Wildman–Crippen LogP) is 2.69. The van der Waals surface area contributed by atoms with E-state index < -0.39 is 0 Å². The summed E-state index contributed by atoms with van der Waals surface area (Å²) in [4.78, 5) is 12.4. The van der Waals surface area contributed by atoms with Crippen LogP contribution < -0.4 is 5.32 Å². The molecule has 68 valence electrons. The Kier molecular flexibility index (Phi) is 1.42. The first-order valence-corrected chi connectivity index (χ1v) is 4.78. The summed E-state index contributed by atoms with van der Waals surface area (Å²) in [5.74, 6) is -0.0236. The molecular formula is C11H7NOS. The fourth-order valence-corrected chi connectivity index (χ4v) is 2.14. The molecule has 1 heterocycles. The van der Waals surface area contributed by atoms with Crippen LogP contribution in [0.3, 0.4) is 0 Å². The van der Waals surface area contributed by atoms with E-state index in [0.717, 1.165) is 26.9 Å². The van der Waals surface area contributed by atoms with Crippen LogP contribution >= 0.6 is 12.6 Å². The predicted molar refractivity (Wildman–Crippen MR) is 59.2 cm³/mol. The normalized spacial score (nSPS) is 13.4. The standard InChI is InChI=1S/C11H7NOS/c13-11-7-3-1-2-6-9(14)5-4-8(12-11)10(6)7/h1-5,14H,(H,12,13). The van der Waals surface area contributed by atoms with Gasteiger partial charge in [0.15, 0.2) is 0 Å². The van der Waals surface area contributed by atoms with Crippen molar-refractivity contribution < 1.29 is 4.79 Å². The molecule has 3 rings (SSSR count). The highest BCUT2D eigenvalue weighted by Crippen LogP contribution is 2.35. The first kappa shape index (κ1) is 7.88. The first-order valence-electron chi connectivity index (χ1n) is 4.33. The zero-order valence-electron chi connectivity index (χ0n) is 7.24. The Labute approximate surface area is 86.3 Å². The minimum absolute atomic E-state index is 0.0236. The Morgan fingerprint density at radius 1 is 1.14 bits per heavy atom. The molecule has 0 aliphatic carbocycles. The highest BCUT2D eigenvalue weighted by Gasteiger charge is 2.21. The Hall–Kier alpha value is -1.48. The maximum Gasteiger partial charge on any atom is 0.256 e. The van der Waals surface area contributed by atoms with E-state index in [1.165, 1.54) is 0 Å². The van der Waals surface area contributed by atoms with E-state index in [9.17, 15) is 4.79 Å². The average Bonchev–Trinajstić information content (AvgIpc) is 2.52. The van der Waals surface area contributed by atoms with Crippen LogP contribution in [0.25, 0.3) is 10.8 Å². The molecular weight excluding hydrogens is 194 g/mol. The summed E-state index contributed by atoms with van der Waals surface area (Å²) in [6.07, 6.45) is 0. The van der Waals surface area contributed by atoms with Gasteiger partial charge in [0.05, 0.1) is 0 Å². The highest BCUT2D eigenvalue weighted by atomic mass is 32.1. The number of anilines is 1. The van der Waals surface area contributed by atoms with Gasteiger partial charge in [0.25, 0.3) is 5.91 Å². The lowest BCUT2D eigenvalue weighted by Crippen LogP contribution is -2.03. The van der Waals surface area contributed by atoms with Crippen LogP contribution in [0, 0.1) is 0 Å². The molecule has 0 spiro atoms. The molecule has 0 unspecified atom stereocenters. The molecule has 2 aromatic carbocycles. The van der Waals surface area contributed by atoms with Gasteiger partial charge < -0.3 is 5.32 Å². The average molecular weight is 201 g/mol. The van der Waals surface area contributed by atoms with Crippen LogP contribution in [-0.2, 0) is 0 Å². The van der Waals surface area contributed by atoms with Gasteiger partial charge in [-0.25, -0.2) is 0 Å². The van der Waals surface area contributed by atoms with Crippen molar-refractivity contribution in [2.75, 3.05) is 5.32 Å². The molecule has 1 aliphatic heterocycles. The molecule has 3 heteroatoms. The van der Waals surface area contributed by atoms with Crippen molar-refractivity contribution in [1.82, 2.24) is 0 Å². The number of carbonyl (C=O) groups excluding carboxylic acids is 1. The maximum atomic E-state index is 11.5. The monoisotopic (exact) mass is 201 g/mol. The summed E-state index contributed by atoms with van der Waals surface area (Å²) in [7, 11) is 0. The van der Waals surface area contributed by atoms with Gasteiger partial charge >= 0.3 is 0 Å². The molecule has 0 aromatic heterocycles. The third-order valence-corrected chi connectivity index (χ3v) is 2.90. The number of amides is 1. The Morgan fingerprint density at radius 3 is 2.86 bits per heavy atom. The van der Waals surface area contributed by atoms with E-state index in [0.29, 0.717) is 0 Å². The second kappa shape index (κ2) is 2.51. The number of benzene rings is 2. The molecule has 0 fully saturated rings. The van der Waals surface area contributed by atoms with Gasteiger partial charge in [-0.3, -0.25) is 4.79 Å². The number of hydrogen-bond acceptors (Lipinski definition) is 2. The van der Waals surface area contributed by atoms with Crippen molar-refractivity contribution >= 4 is 35.0 Å². The molecule has 14 heavy (non-hydrogen) atoms. The summed E-state index contributed by atoms with van der Waals surface area (Å²) in [5.41, 5.74) is 1.63. The fourth-order valence-electron chi connectivity index (χ4n) is 1.87. The van der Waals surface area contributed by atoms with Crippen molar-refractivity contribution in [2.45, 2.75) is 4.90 Å². The molecule has 2 nitrogen and oxygen atoms in total. The van der Waals surface area contributed by atoms with Crippen molar-refractivity contribution in [2.24, 2.45) is 0 Å². The zero-order valence-corrected chi connectivity index (χ0v) is 8.14. The van der Waals surface area contributed by atoms with Crippen molar-refractivity contribution in [3.63, 3.8) is 0 Å². The van der Waals surface area contributed by atoms with E-state index in [-0.39, 0.29) is 5.91 Å². The van der Waals surface area contributed by atoms with Crippen LogP contribution in [0.15, 0.2) is 35.2 Å². The molecule has 0 saturated heterocycles. The van der Waals surface area contributed by atoms with Crippen molar-refractivity contribution in [1.29, 1.82) is 0 Å². The smallest absolute Gasteiger partial charge is 0.256 e. The van der Waals surface area contributed by atoms with E-state index in [2.05, 4.69) is 17.9 Å². The molecule has 2 aromatic rings. The number of rotatable bonds is 0. The van der Waals surface area contributed by atoms with Crippen LogP contribution in [0.1, 0.15) is 10.4 Å². The summed E-state index contributed by atoms with van der Waals surface area (Å²) in [5, 5.41) is 4.85. The third kappa shape index (κ3) is 0.849. The summed E-state index contributed by atoms with van der Waals surface area (Å²) in [6.45, 7) is 0. The fraction of sp³-hybridized carbons (Fsp3) is 0. The Balaban J connectivity index is 2.58. The van der Waals surface area contributed by atoms with Gasteiger partial charge in [0.2, 0.25) is 0 Å². The minimum atomic E-state index is -0.0236. The van der Waals surface area contributed by atoms with Gasteiger partial charge in [0.1, 0.15) is 0 Å². The van der Waals surface area contributed by atoms with Gasteiger partial charge in [-0.05, 0) is 23.6 Å². The molecule has 0 saturated carbocycles. The lowest BCUT2D eigenvalue weighted by atomic mass is 10.1. The van der Waals surface area contributed by atoms with Crippen molar-refractivity contribution in [3.05, 3.63) is 35.9 Å². The minimum Gasteiger partial charge on any atom is -0.321 e. The second-order valence-electron chi connectivity index (χ2n) is 3.31. The zero-order chi connectivity index (χ0) is 9.71. The third-order valence-electron chi connectivity index (χ3n) is 2.51. The maximum absolute atomic E-state index is 11.5. The SMILES string of the molecule is O=C1Nc2ccc(S)c3cccc1c23.